The minimum absolute atomic E-state index is 0.291. The molecule has 0 atom stereocenters. The molecule has 0 saturated carbocycles. The summed E-state index contributed by atoms with van der Waals surface area (Å²) in [6, 6.07) is 22.8. The van der Waals surface area contributed by atoms with Crippen molar-refractivity contribution in [2.75, 3.05) is 6.61 Å². The minimum Gasteiger partial charge on any atom is -0.452 e. The van der Waals surface area contributed by atoms with Crippen molar-refractivity contribution < 1.29 is 19.1 Å². The van der Waals surface area contributed by atoms with Crippen molar-refractivity contribution in [1.29, 1.82) is 0 Å². The summed E-state index contributed by atoms with van der Waals surface area (Å²) < 4.78 is 5.21. The van der Waals surface area contributed by atoms with E-state index in [4.69, 9.17) is 16.3 Å². The highest BCUT2D eigenvalue weighted by molar-refractivity contribution is 6.30. The molecule has 0 radical (unpaired) electrons. The van der Waals surface area contributed by atoms with E-state index < -0.39 is 24.4 Å². The van der Waals surface area contributed by atoms with Gasteiger partial charge in [-0.1, -0.05) is 59.6 Å². The topological polar surface area (TPSA) is 97.4 Å². The lowest BCUT2D eigenvalue weighted by Gasteiger charge is -2.11. The van der Waals surface area contributed by atoms with E-state index in [1.54, 1.807) is 30.3 Å². The summed E-state index contributed by atoms with van der Waals surface area (Å²) in [5, 5.41) is 1.10. The number of esters is 1. The van der Waals surface area contributed by atoms with Gasteiger partial charge in [0.2, 0.25) is 0 Å². The average molecular weight is 474 g/mol. The van der Waals surface area contributed by atoms with Crippen molar-refractivity contribution in [2.24, 2.45) is 0 Å². The number of carbonyl (C=O) groups excluding carboxylic acids is 3. The molecule has 7 nitrogen and oxygen atoms in total. The second-order valence-electron chi connectivity index (χ2n) is 7.52. The third-order valence-corrected chi connectivity index (χ3v) is 5.29. The summed E-state index contributed by atoms with van der Waals surface area (Å²) in [7, 11) is 0. The van der Waals surface area contributed by atoms with Gasteiger partial charge in [0.1, 0.15) is 0 Å². The van der Waals surface area contributed by atoms with E-state index >= 15 is 0 Å². The van der Waals surface area contributed by atoms with Crippen LogP contribution in [0.15, 0.2) is 78.9 Å². The maximum absolute atomic E-state index is 12.9. The molecule has 3 aromatic carbocycles. The number of benzene rings is 3. The van der Waals surface area contributed by atoms with Crippen molar-refractivity contribution in [2.45, 2.75) is 6.92 Å². The van der Waals surface area contributed by atoms with E-state index in [9.17, 15) is 14.4 Å². The van der Waals surface area contributed by atoms with Crippen LogP contribution in [0, 0.1) is 6.92 Å². The Balaban J connectivity index is 1.45. The highest BCUT2D eigenvalue weighted by atomic mass is 35.5. The van der Waals surface area contributed by atoms with Gasteiger partial charge in [0.25, 0.3) is 11.8 Å². The first kappa shape index (κ1) is 22.9. The van der Waals surface area contributed by atoms with Gasteiger partial charge in [-0.15, -0.1) is 0 Å². The number of nitrogens with one attached hydrogen (secondary N) is 2. The molecule has 0 bridgehead atoms. The van der Waals surface area contributed by atoms with Crippen molar-refractivity contribution in [1.82, 2.24) is 15.8 Å². The number of pyridine rings is 1. The van der Waals surface area contributed by atoms with Crippen molar-refractivity contribution >= 4 is 40.3 Å². The average Bonchev–Trinajstić information content (AvgIpc) is 2.86. The van der Waals surface area contributed by atoms with Crippen LogP contribution in [0.3, 0.4) is 0 Å². The number of para-hydroxylation sites is 1. The lowest BCUT2D eigenvalue weighted by atomic mass is 10.0. The van der Waals surface area contributed by atoms with E-state index in [1.165, 1.54) is 12.1 Å². The van der Waals surface area contributed by atoms with Crippen LogP contribution in [0.2, 0.25) is 5.02 Å². The Morgan fingerprint density at radius 1 is 0.912 bits per heavy atom. The Hall–Kier alpha value is -4.23. The highest BCUT2D eigenvalue weighted by Crippen LogP contribution is 2.25. The molecule has 2 amide bonds. The standard InChI is InChI=1S/C26H20ClN3O4/c1-16-6-8-17(9-7-16)23-14-21(20-4-2-3-5-22(20)28-23)26(33)34-15-24(31)29-30-25(32)18-10-12-19(27)13-11-18/h2-14H,15H2,1H3,(H,29,31)(H,30,32). The molecular weight excluding hydrogens is 454 g/mol. The smallest absolute Gasteiger partial charge is 0.339 e. The third kappa shape index (κ3) is 5.39. The molecule has 1 heterocycles. The largest absolute Gasteiger partial charge is 0.452 e. The minimum atomic E-state index is -0.687. The number of nitrogens with zero attached hydrogens (tertiary/aromatic N) is 1. The normalized spacial score (nSPS) is 10.5. The van der Waals surface area contributed by atoms with Crippen LogP contribution < -0.4 is 10.9 Å². The van der Waals surface area contributed by atoms with E-state index in [2.05, 4.69) is 15.8 Å². The van der Waals surface area contributed by atoms with Crippen molar-refractivity contribution in [3.05, 3.63) is 101 Å². The summed E-state index contributed by atoms with van der Waals surface area (Å²) in [5.41, 5.74) is 8.30. The molecule has 8 heteroatoms. The van der Waals surface area contributed by atoms with Gasteiger partial charge in [0.05, 0.1) is 16.8 Å². The summed E-state index contributed by atoms with van der Waals surface area (Å²) in [6.45, 7) is 1.42. The molecule has 0 aliphatic rings. The zero-order chi connectivity index (χ0) is 24.1. The van der Waals surface area contributed by atoms with Gasteiger partial charge >= 0.3 is 5.97 Å². The third-order valence-electron chi connectivity index (χ3n) is 5.04. The molecule has 34 heavy (non-hydrogen) atoms. The van der Waals surface area contributed by atoms with E-state index in [0.29, 0.717) is 32.7 Å². The van der Waals surface area contributed by atoms with Crippen LogP contribution >= 0.6 is 11.6 Å². The molecule has 0 spiro atoms. The number of rotatable bonds is 5. The molecule has 1 aromatic heterocycles. The zero-order valence-electron chi connectivity index (χ0n) is 18.2. The Bertz CT molecular complexity index is 1370. The second kappa shape index (κ2) is 10.1. The highest BCUT2D eigenvalue weighted by Gasteiger charge is 2.17. The van der Waals surface area contributed by atoms with E-state index in [0.717, 1.165) is 11.1 Å². The van der Waals surface area contributed by atoms with Gasteiger partial charge < -0.3 is 4.74 Å². The van der Waals surface area contributed by atoms with E-state index in [-0.39, 0.29) is 0 Å². The number of carbonyl (C=O) groups is 3. The number of halogens is 1. The number of amides is 2. The molecule has 0 aliphatic carbocycles. The summed E-state index contributed by atoms with van der Waals surface area (Å²) in [6.07, 6.45) is 0. The first-order valence-corrected chi connectivity index (χ1v) is 10.8. The lowest BCUT2D eigenvalue weighted by Crippen LogP contribution is -2.43. The molecule has 0 saturated heterocycles. The molecule has 170 valence electrons. The number of hydrogen-bond acceptors (Lipinski definition) is 5. The van der Waals surface area contributed by atoms with Crippen LogP contribution in [0.25, 0.3) is 22.2 Å². The van der Waals surface area contributed by atoms with Crippen LogP contribution in [-0.4, -0.2) is 29.4 Å². The fourth-order valence-electron chi connectivity index (χ4n) is 3.26. The molecule has 2 N–H and O–H groups in total. The molecular formula is C26H20ClN3O4. The Labute approximate surface area is 200 Å². The molecule has 4 rings (SSSR count). The van der Waals surface area contributed by atoms with Gasteiger partial charge in [-0.2, -0.15) is 0 Å². The summed E-state index contributed by atoms with van der Waals surface area (Å²) >= 11 is 5.80. The van der Waals surface area contributed by atoms with Crippen LogP contribution in [-0.2, 0) is 9.53 Å². The predicted octanol–water partition coefficient (Wildman–Crippen LogP) is 4.48. The molecule has 4 aromatic rings. The number of aromatic nitrogens is 1. The monoisotopic (exact) mass is 473 g/mol. The second-order valence-corrected chi connectivity index (χ2v) is 7.96. The van der Waals surface area contributed by atoms with Crippen LogP contribution in [0.5, 0.6) is 0 Å². The number of fused-ring (bicyclic) bond motifs is 1. The van der Waals surface area contributed by atoms with Gasteiger partial charge in [0, 0.05) is 21.5 Å². The van der Waals surface area contributed by atoms with Crippen molar-refractivity contribution in [3.8, 4) is 11.3 Å². The van der Waals surface area contributed by atoms with Crippen LogP contribution in [0.4, 0.5) is 0 Å². The number of hydrazine groups is 1. The van der Waals surface area contributed by atoms with Crippen LogP contribution in [0.1, 0.15) is 26.3 Å². The van der Waals surface area contributed by atoms with Gasteiger partial charge in [-0.05, 0) is 43.3 Å². The predicted molar refractivity (Wildman–Crippen MR) is 129 cm³/mol. The first-order chi connectivity index (χ1) is 16.4. The SMILES string of the molecule is Cc1ccc(-c2cc(C(=O)OCC(=O)NNC(=O)c3ccc(Cl)cc3)c3ccccc3n2)cc1. The van der Waals surface area contributed by atoms with Gasteiger partial charge in [-0.25, -0.2) is 9.78 Å². The molecule has 0 aliphatic heterocycles. The fourth-order valence-corrected chi connectivity index (χ4v) is 3.39. The van der Waals surface area contributed by atoms with Gasteiger partial charge in [-0.3, -0.25) is 20.4 Å². The maximum atomic E-state index is 12.9. The number of aryl methyl sites for hydroxylation is 1. The fraction of sp³-hybridized carbons (Fsp3) is 0.0769. The molecule has 0 unspecified atom stereocenters. The number of ether oxygens (including phenoxy) is 1. The Morgan fingerprint density at radius 2 is 1.62 bits per heavy atom. The van der Waals surface area contributed by atoms with E-state index in [1.807, 2.05) is 43.3 Å². The summed E-state index contributed by atoms with van der Waals surface area (Å²) in [5.74, 6) is -1.89. The van der Waals surface area contributed by atoms with Crippen molar-refractivity contribution in [3.63, 3.8) is 0 Å². The number of hydrogen-bond donors (Lipinski definition) is 2. The van der Waals surface area contributed by atoms with Gasteiger partial charge in [0.15, 0.2) is 6.61 Å². The molecule has 0 fully saturated rings. The lowest BCUT2D eigenvalue weighted by molar-refractivity contribution is -0.125. The Morgan fingerprint density at radius 3 is 2.35 bits per heavy atom. The quantitative estimate of drug-likeness (QED) is 0.329. The summed E-state index contributed by atoms with van der Waals surface area (Å²) in [4.78, 5) is 41.7. The first-order valence-electron chi connectivity index (χ1n) is 10.4. The zero-order valence-corrected chi connectivity index (χ0v) is 18.9. The maximum Gasteiger partial charge on any atom is 0.339 e. The Kier molecular flexibility index (Phi) is 6.85.